The zero-order valence-corrected chi connectivity index (χ0v) is 11.4. The number of hydrogen-bond acceptors (Lipinski definition) is 4. The number of amidine groups is 1. The van der Waals surface area contributed by atoms with E-state index >= 15 is 0 Å². The number of carbonyl (C=O) groups is 1. The molecule has 1 aliphatic heterocycles. The number of oxime groups is 1. The van der Waals surface area contributed by atoms with Crippen LogP contribution in [0, 0.1) is 5.92 Å². The smallest absolute Gasteiger partial charge is 0.228 e. The topological polar surface area (TPSA) is 88.2 Å². The summed E-state index contributed by atoms with van der Waals surface area (Å²) < 4.78 is 5.60. The molecule has 0 bridgehead atoms. The molecule has 2 rings (SSSR count). The van der Waals surface area contributed by atoms with Crippen LogP contribution in [0.4, 0.5) is 0 Å². The van der Waals surface area contributed by atoms with E-state index in [2.05, 4.69) is 5.16 Å². The van der Waals surface area contributed by atoms with E-state index in [1.165, 1.54) is 0 Å². The predicted molar refractivity (Wildman–Crippen MR) is 70.9 cm³/mol. The fourth-order valence-corrected chi connectivity index (χ4v) is 2.69. The zero-order chi connectivity index (χ0) is 13.8. The van der Waals surface area contributed by atoms with Crippen LogP contribution < -0.4 is 5.73 Å². The van der Waals surface area contributed by atoms with Crippen molar-refractivity contribution >= 4 is 11.7 Å². The van der Waals surface area contributed by atoms with E-state index in [0.717, 1.165) is 25.7 Å². The third-order valence-corrected chi connectivity index (χ3v) is 3.94. The number of amides is 1. The first kappa shape index (κ1) is 14.1. The lowest BCUT2D eigenvalue weighted by Crippen LogP contribution is -2.42. The first-order valence-corrected chi connectivity index (χ1v) is 7.05. The molecule has 2 aliphatic rings. The number of rotatable bonds is 6. The SMILES string of the molecule is CCC1OCCC1C(=O)N(CCC(N)=NO)C1CC1. The lowest BCUT2D eigenvalue weighted by molar-refractivity contribution is -0.137. The van der Waals surface area contributed by atoms with Crippen LogP contribution in [0.2, 0.25) is 0 Å². The van der Waals surface area contributed by atoms with Crippen LogP contribution in [0.5, 0.6) is 0 Å². The summed E-state index contributed by atoms with van der Waals surface area (Å²) in [5.74, 6) is 0.337. The third kappa shape index (κ3) is 3.37. The average molecular weight is 269 g/mol. The molecule has 0 radical (unpaired) electrons. The van der Waals surface area contributed by atoms with Crippen molar-refractivity contribution in [3.8, 4) is 0 Å². The summed E-state index contributed by atoms with van der Waals surface area (Å²) in [6.45, 7) is 3.26. The summed E-state index contributed by atoms with van der Waals surface area (Å²) in [5, 5.41) is 11.5. The standard InChI is InChI=1S/C13H23N3O3/c1-2-11-10(6-8-19-11)13(17)16(9-3-4-9)7-5-12(14)15-18/h9-11,18H,2-8H2,1H3,(H2,14,15). The van der Waals surface area contributed by atoms with Gasteiger partial charge < -0.3 is 20.6 Å². The van der Waals surface area contributed by atoms with Crippen LogP contribution in [-0.4, -0.2) is 47.1 Å². The molecule has 1 saturated heterocycles. The second-order valence-electron chi connectivity index (χ2n) is 5.32. The van der Waals surface area contributed by atoms with Crippen LogP contribution in [0.1, 0.15) is 39.0 Å². The van der Waals surface area contributed by atoms with Crippen molar-refractivity contribution in [3.05, 3.63) is 0 Å². The zero-order valence-electron chi connectivity index (χ0n) is 11.4. The fourth-order valence-electron chi connectivity index (χ4n) is 2.69. The summed E-state index contributed by atoms with van der Waals surface area (Å²) in [6, 6.07) is 0.345. The molecule has 1 amide bonds. The normalized spacial score (nSPS) is 27.5. The Balaban J connectivity index is 1.96. The maximum Gasteiger partial charge on any atom is 0.228 e. The molecule has 1 saturated carbocycles. The molecule has 0 spiro atoms. The fraction of sp³-hybridized carbons (Fsp3) is 0.846. The number of ether oxygens (including phenoxy) is 1. The second-order valence-corrected chi connectivity index (χ2v) is 5.32. The van der Waals surface area contributed by atoms with Gasteiger partial charge in [0, 0.05) is 25.6 Å². The van der Waals surface area contributed by atoms with Crippen LogP contribution in [0.3, 0.4) is 0 Å². The van der Waals surface area contributed by atoms with Gasteiger partial charge in [-0.2, -0.15) is 0 Å². The Morgan fingerprint density at radius 1 is 1.47 bits per heavy atom. The summed E-state index contributed by atoms with van der Waals surface area (Å²) in [4.78, 5) is 14.5. The van der Waals surface area contributed by atoms with E-state index in [9.17, 15) is 4.79 Å². The first-order valence-electron chi connectivity index (χ1n) is 7.05. The van der Waals surface area contributed by atoms with E-state index in [1.807, 2.05) is 11.8 Å². The predicted octanol–water partition coefficient (Wildman–Crippen LogP) is 0.929. The highest BCUT2D eigenvalue weighted by Gasteiger charge is 2.40. The Morgan fingerprint density at radius 2 is 2.21 bits per heavy atom. The quantitative estimate of drug-likeness (QED) is 0.325. The van der Waals surface area contributed by atoms with Gasteiger partial charge in [-0.15, -0.1) is 0 Å². The minimum Gasteiger partial charge on any atom is -0.409 e. The lowest BCUT2D eigenvalue weighted by atomic mass is 9.97. The molecule has 2 unspecified atom stereocenters. The Hall–Kier alpha value is -1.30. The first-order chi connectivity index (χ1) is 9.17. The van der Waals surface area contributed by atoms with Crippen molar-refractivity contribution in [2.45, 2.75) is 51.2 Å². The third-order valence-electron chi connectivity index (χ3n) is 3.94. The van der Waals surface area contributed by atoms with Gasteiger partial charge in [0.15, 0.2) is 0 Å². The summed E-state index contributed by atoms with van der Waals surface area (Å²) in [5.41, 5.74) is 5.49. The van der Waals surface area contributed by atoms with E-state index in [0.29, 0.717) is 25.6 Å². The van der Waals surface area contributed by atoms with Gasteiger partial charge in [-0.3, -0.25) is 4.79 Å². The number of nitrogens with two attached hydrogens (primary N) is 1. The van der Waals surface area contributed by atoms with Crippen LogP contribution >= 0.6 is 0 Å². The van der Waals surface area contributed by atoms with E-state index in [4.69, 9.17) is 15.7 Å². The van der Waals surface area contributed by atoms with Crippen LogP contribution in [-0.2, 0) is 9.53 Å². The number of hydrogen-bond donors (Lipinski definition) is 2. The molecule has 19 heavy (non-hydrogen) atoms. The molecule has 0 aromatic rings. The molecule has 0 aromatic heterocycles. The van der Waals surface area contributed by atoms with Gasteiger partial charge in [-0.05, 0) is 25.7 Å². The Kier molecular flexibility index (Phi) is 4.63. The molecule has 2 fully saturated rings. The summed E-state index contributed by atoms with van der Waals surface area (Å²) in [7, 11) is 0. The molecular formula is C13H23N3O3. The molecular weight excluding hydrogens is 246 g/mol. The van der Waals surface area contributed by atoms with Crippen molar-refractivity contribution in [2.24, 2.45) is 16.8 Å². The van der Waals surface area contributed by atoms with E-state index in [-0.39, 0.29) is 23.8 Å². The Bertz CT molecular complexity index is 355. The van der Waals surface area contributed by atoms with Gasteiger partial charge in [0.25, 0.3) is 0 Å². The largest absolute Gasteiger partial charge is 0.409 e. The van der Waals surface area contributed by atoms with Gasteiger partial charge in [0.1, 0.15) is 5.84 Å². The highest BCUT2D eigenvalue weighted by molar-refractivity contribution is 5.83. The van der Waals surface area contributed by atoms with Crippen LogP contribution in [0.25, 0.3) is 0 Å². The molecule has 1 heterocycles. The van der Waals surface area contributed by atoms with Gasteiger partial charge in [-0.25, -0.2) is 0 Å². The molecule has 0 aromatic carbocycles. The van der Waals surface area contributed by atoms with Crippen molar-refractivity contribution in [1.29, 1.82) is 0 Å². The van der Waals surface area contributed by atoms with Gasteiger partial charge in [-0.1, -0.05) is 12.1 Å². The van der Waals surface area contributed by atoms with Crippen molar-refractivity contribution in [3.63, 3.8) is 0 Å². The van der Waals surface area contributed by atoms with Gasteiger partial charge >= 0.3 is 0 Å². The summed E-state index contributed by atoms with van der Waals surface area (Å²) in [6.07, 6.45) is 4.28. The molecule has 108 valence electrons. The van der Waals surface area contributed by atoms with Crippen molar-refractivity contribution in [1.82, 2.24) is 4.90 Å². The maximum atomic E-state index is 12.6. The minimum atomic E-state index is -0.0158. The minimum absolute atomic E-state index is 0.0158. The number of nitrogens with zero attached hydrogens (tertiary/aromatic N) is 2. The molecule has 6 nitrogen and oxygen atoms in total. The van der Waals surface area contributed by atoms with Crippen LogP contribution in [0.15, 0.2) is 5.16 Å². The lowest BCUT2D eigenvalue weighted by Gasteiger charge is -2.27. The molecule has 6 heteroatoms. The Morgan fingerprint density at radius 3 is 2.79 bits per heavy atom. The molecule has 1 aliphatic carbocycles. The Labute approximate surface area is 113 Å². The van der Waals surface area contributed by atoms with Crippen molar-refractivity contribution in [2.75, 3.05) is 13.2 Å². The van der Waals surface area contributed by atoms with Crippen molar-refractivity contribution < 1.29 is 14.7 Å². The highest BCUT2D eigenvalue weighted by Crippen LogP contribution is 2.32. The van der Waals surface area contributed by atoms with E-state index in [1.54, 1.807) is 0 Å². The number of carbonyl (C=O) groups excluding carboxylic acids is 1. The van der Waals surface area contributed by atoms with E-state index < -0.39 is 0 Å². The highest BCUT2D eigenvalue weighted by atomic mass is 16.5. The molecule has 3 N–H and O–H groups in total. The monoisotopic (exact) mass is 269 g/mol. The van der Waals surface area contributed by atoms with Gasteiger partial charge in [0.05, 0.1) is 12.0 Å². The average Bonchev–Trinajstić information content (AvgIpc) is 3.14. The summed E-state index contributed by atoms with van der Waals surface area (Å²) >= 11 is 0. The maximum absolute atomic E-state index is 12.6. The second kappa shape index (κ2) is 6.23. The van der Waals surface area contributed by atoms with Gasteiger partial charge in [0.2, 0.25) is 5.91 Å². The molecule has 2 atom stereocenters.